The van der Waals surface area contributed by atoms with Crippen LogP contribution in [0.1, 0.15) is 36.2 Å². The Morgan fingerprint density at radius 1 is 1.33 bits per heavy atom. The second-order valence-corrected chi connectivity index (χ2v) is 5.60. The lowest BCUT2D eigenvalue weighted by molar-refractivity contribution is -0.138. The van der Waals surface area contributed by atoms with Gasteiger partial charge in [-0.05, 0) is 34.9 Å². The number of para-hydroxylation sites is 1. The van der Waals surface area contributed by atoms with Gasteiger partial charge < -0.3 is 10.0 Å². The predicted molar refractivity (Wildman–Crippen MR) is 74.0 cm³/mol. The van der Waals surface area contributed by atoms with Gasteiger partial charge in [-0.15, -0.1) is 5.10 Å². The molecule has 1 atom stereocenters. The van der Waals surface area contributed by atoms with Crippen LogP contribution in [0.15, 0.2) is 24.3 Å². The first-order chi connectivity index (χ1) is 10.2. The van der Waals surface area contributed by atoms with Crippen LogP contribution in [0.3, 0.4) is 0 Å². The normalized spacial score (nSPS) is 20.6. The van der Waals surface area contributed by atoms with Crippen molar-refractivity contribution in [1.29, 1.82) is 0 Å². The third kappa shape index (κ3) is 2.05. The van der Waals surface area contributed by atoms with Crippen molar-refractivity contribution in [3.05, 3.63) is 35.7 Å². The number of fused-ring (bicyclic) bond motifs is 1. The molecule has 108 valence electrons. The Hall–Kier alpha value is -2.44. The summed E-state index contributed by atoms with van der Waals surface area (Å²) >= 11 is 0. The summed E-state index contributed by atoms with van der Waals surface area (Å²) in [6, 6.07) is 8.08. The van der Waals surface area contributed by atoms with Crippen LogP contribution in [0.4, 0.5) is 5.69 Å². The van der Waals surface area contributed by atoms with Gasteiger partial charge in [0.2, 0.25) is 0 Å². The van der Waals surface area contributed by atoms with Crippen LogP contribution in [0, 0.1) is 0 Å². The molecule has 1 fully saturated rings. The van der Waals surface area contributed by atoms with Gasteiger partial charge in [0.05, 0.1) is 12.6 Å². The zero-order chi connectivity index (χ0) is 14.4. The molecule has 0 bridgehead atoms. The Balaban J connectivity index is 1.64. The van der Waals surface area contributed by atoms with Gasteiger partial charge in [-0.25, -0.2) is 4.68 Å². The molecule has 7 heteroatoms. The zero-order valence-corrected chi connectivity index (χ0v) is 11.4. The third-order valence-corrected chi connectivity index (χ3v) is 4.14. The summed E-state index contributed by atoms with van der Waals surface area (Å²) in [6.45, 7) is 1.01. The number of tetrazole rings is 1. The van der Waals surface area contributed by atoms with Crippen LogP contribution in [-0.2, 0) is 11.3 Å². The van der Waals surface area contributed by atoms with Gasteiger partial charge in [-0.3, -0.25) is 4.79 Å². The van der Waals surface area contributed by atoms with Gasteiger partial charge in [-0.2, -0.15) is 0 Å². The van der Waals surface area contributed by atoms with Crippen molar-refractivity contribution in [3.8, 4) is 0 Å². The number of hydrogen-bond donors (Lipinski definition) is 1. The van der Waals surface area contributed by atoms with E-state index in [2.05, 4.69) is 20.4 Å². The van der Waals surface area contributed by atoms with Crippen molar-refractivity contribution in [2.45, 2.75) is 31.3 Å². The number of carboxylic acids is 1. The van der Waals surface area contributed by atoms with E-state index >= 15 is 0 Å². The molecule has 1 aliphatic heterocycles. The largest absolute Gasteiger partial charge is 0.481 e. The number of carbonyl (C=O) groups is 1. The van der Waals surface area contributed by atoms with E-state index in [4.69, 9.17) is 0 Å². The topological polar surface area (TPSA) is 84.1 Å². The van der Waals surface area contributed by atoms with Crippen LogP contribution < -0.4 is 4.90 Å². The number of hydrogen-bond acceptors (Lipinski definition) is 5. The highest BCUT2D eigenvalue weighted by Gasteiger charge is 2.35. The smallest absolute Gasteiger partial charge is 0.312 e. The number of nitrogens with zero attached hydrogens (tertiary/aromatic N) is 5. The lowest BCUT2D eigenvalue weighted by atomic mass is 10.0. The molecule has 1 aromatic heterocycles. The Morgan fingerprint density at radius 3 is 2.90 bits per heavy atom. The minimum absolute atomic E-state index is 0.420. The molecule has 0 amide bonds. The summed E-state index contributed by atoms with van der Waals surface area (Å²) < 4.78 is 1.87. The van der Waals surface area contributed by atoms with Crippen LogP contribution >= 0.6 is 0 Å². The van der Waals surface area contributed by atoms with Crippen LogP contribution in [-0.4, -0.2) is 37.8 Å². The SMILES string of the molecule is O=C(O)C1CN(Cc2nnnn2C2CC2)c2ccccc21. The van der Waals surface area contributed by atoms with E-state index in [-0.39, 0.29) is 0 Å². The van der Waals surface area contributed by atoms with Gasteiger partial charge in [0.1, 0.15) is 5.92 Å². The number of carboxylic acid groups (broad SMARTS) is 1. The van der Waals surface area contributed by atoms with Crippen LogP contribution in [0.5, 0.6) is 0 Å². The second kappa shape index (κ2) is 4.54. The first-order valence-electron chi connectivity index (χ1n) is 7.07. The second-order valence-electron chi connectivity index (χ2n) is 5.60. The highest BCUT2D eigenvalue weighted by atomic mass is 16.4. The van der Waals surface area contributed by atoms with Crippen molar-refractivity contribution in [1.82, 2.24) is 20.2 Å². The Morgan fingerprint density at radius 2 is 2.14 bits per heavy atom. The van der Waals surface area contributed by atoms with E-state index in [9.17, 15) is 9.90 Å². The molecule has 1 N–H and O–H groups in total. The number of aliphatic carboxylic acids is 1. The number of rotatable bonds is 4. The lowest BCUT2D eigenvalue weighted by Crippen LogP contribution is -2.25. The molecule has 2 aliphatic rings. The van der Waals surface area contributed by atoms with Crippen LogP contribution in [0.25, 0.3) is 0 Å². The summed E-state index contributed by atoms with van der Waals surface area (Å²) in [6.07, 6.45) is 2.23. The summed E-state index contributed by atoms with van der Waals surface area (Å²) in [5.74, 6) is -0.462. The first kappa shape index (κ1) is 12.3. The summed E-state index contributed by atoms with van der Waals surface area (Å²) in [5, 5.41) is 21.3. The van der Waals surface area contributed by atoms with E-state index in [0.717, 1.165) is 29.9 Å². The Bertz CT molecular complexity index is 694. The molecule has 21 heavy (non-hydrogen) atoms. The van der Waals surface area contributed by atoms with Crippen molar-refractivity contribution in [3.63, 3.8) is 0 Å². The molecule has 0 spiro atoms. The minimum atomic E-state index is -0.785. The standard InChI is InChI=1S/C14H15N5O2/c20-14(21)11-7-18(12-4-2-1-3-10(11)12)8-13-15-16-17-19(13)9-5-6-9/h1-4,9,11H,5-8H2,(H,20,21). The van der Waals surface area contributed by atoms with E-state index in [1.807, 2.05) is 28.9 Å². The van der Waals surface area contributed by atoms with E-state index < -0.39 is 11.9 Å². The molecular weight excluding hydrogens is 270 g/mol. The molecule has 4 rings (SSSR count). The van der Waals surface area contributed by atoms with Crippen molar-refractivity contribution in [2.24, 2.45) is 0 Å². The summed E-state index contributed by atoms with van der Waals surface area (Å²) in [5.41, 5.74) is 1.84. The van der Waals surface area contributed by atoms with E-state index in [1.165, 1.54) is 0 Å². The fourth-order valence-electron chi connectivity index (χ4n) is 2.94. The monoisotopic (exact) mass is 285 g/mol. The molecule has 0 radical (unpaired) electrons. The Labute approximate surface area is 121 Å². The van der Waals surface area contributed by atoms with Gasteiger partial charge in [-0.1, -0.05) is 18.2 Å². The molecule has 1 aliphatic carbocycles. The van der Waals surface area contributed by atoms with Crippen molar-refractivity contribution < 1.29 is 9.90 Å². The summed E-state index contributed by atoms with van der Waals surface area (Å²) in [7, 11) is 0. The van der Waals surface area contributed by atoms with Crippen molar-refractivity contribution >= 4 is 11.7 Å². The molecule has 2 aromatic rings. The van der Waals surface area contributed by atoms with Gasteiger partial charge in [0, 0.05) is 12.2 Å². The van der Waals surface area contributed by atoms with E-state index in [1.54, 1.807) is 0 Å². The molecule has 1 unspecified atom stereocenters. The van der Waals surface area contributed by atoms with Gasteiger partial charge >= 0.3 is 5.97 Å². The van der Waals surface area contributed by atoms with Gasteiger partial charge in [0.25, 0.3) is 0 Å². The molecule has 0 saturated heterocycles. The molecular formula is C14H15N5O2. The highest BCUT2D eigenvalue weighted by molar-refractivity contribution is 5.82. The summed E-state index contributed by atoms with van der Waals surface area (Å²) in [4.78, 5) is 13.5. The maximum Gasteiger partial charge on any atom is 0.312 e. The highest BCUT2D eigenvalue weighted by Crippen LogP contribution is 2.38. The molecule has 1 aromatic carbocycles. The van der Waals surface area contributed by atoms with E-state index in [0.29, 0.717) is 19.1 Å². The predicted octanol–water partition coefficient (Wildman–Crippen LogP) is 1.20. The minimum Gasteiger partial charge on any atom is -0.481 e. The maximum atomic E-state index is 11.4. The number of anilines is 1. The van der Waals surface area contributed by atoms with Gasteiger partial charge in [0.15, 0.2) is 5.82 Å². The quantitative estimate of drug-likeness (QED) is 0.908. The molecule has 2 heterocycles. The first-order valence-corrected chi connectivity index (χ1v) is 7.07. The lowest BCUT2D eigenvalue weighted by Gasteiger charge is -2.18. The average molecular weight is 285 g/mol. The number of benzene rings is 1. The fraction of sp³-hybridized carbons (Fsp3) is 0.429. The average Bonchev–Trinajstić information content (AvgIpc) is 3.11. The Kier molecular flexibility index (Phi) is 2.66. The van der Waals surface area contributed by atoms with Crippen molar-refractivity contribution in [2.75, 3.05) is 11.4 Å². The zero-order valence-electron chi connectivity index (χ0n) is 11.4. The number of aromatic nitrogens is 4. The fourth-order valence-corrected chi connectivity index (χ4v) is 2.94. The molecule has 7 nitrogen and oxygen atoms in total. The maximum absolute atomic E-state index is 11.4. The molecule has 1 saturated carbocycles. The third-order valence-electron chi connectivity index (χ3n) is 4.14. The van der Waals surface area contributed by atoms with Crippen LogP contribution in [0.2, 0.25) is 0 Å².